The molecular formula is C14H10Cl2N2O. The number of nitriles is 1. The van der Waals surface area contributed by atoms with Crippen LogP contribution >= 0.6 is 23.2 Å². The van der Waals surface area contributed by atoms with Crippen molar-refractivity contribution in [2.75, 3.05) is 12.4 Å². The second kappa shape index (κ2) is 5.83. The summed E-state index contributed by atoms with van der Waals surface area (Å²) in [5, 5.41) is 13.3. The van der Waals surface area contributed by atoms with E-state index in [0.29, 0.717) is 32.7 Å². The van der Waals surface area contributed by atoms with Gasteiger partial charge < -0.3 is 10.1 Å². The monoisotopic (exact) mass is 292 g/mol. The van der Waals surface area contributed by atoms with Crippen LogP contribution in [0.2, 0.25) is 10.0 Å². The van der Waals surface area contributed by atoms with Gasteiger partial charge in [0.2, 0.25) is 0 Å². The van der Waals surface area contributed by atoms with Crippen LogP contribution in [0.25, 0.3) is 0 Å². The minimum atomic E-state index is 0.497. The van der Waals surface area contributed by atoms with Gasteiger partial charge in [0.25, 0.3) is 0 Å². The zero-order valence-electron chi connectivity index (χ0n) is 10.1. The van der Waals surface area contributed by atoms with Crippen LogP contribution in [-0.2, 0) is 0 Å². The zero-order valence-corrected chi connectivity index (χ0v) is 11.6. The van der Waals surface area contributed by atoms with Crippen molar-refractivity contribution in [2.24, 2.45) is 0 Å². The zero-order chi connectivity index (χ0) is 13.8. The predicted molar refractivity (Wildman–Crippen MR) is 77.5 cm³/mol. The van der Waals surface area contributed by atoms with Crippen molar-refractivity contribution in [3.63, 3.8) is 0 Å². The number of halogens is 2. The molecule has 0 bridgehead atoms. The van der Waals surface area contributed by atoms with E-state index >= 15 is 0 Å². The van der Waals surface area contributed by atoms with Gasteiger partial charge in [-0.3, -0.25) is 0 Å². The van der Waals surface area contributed by atoms with Gasteiger partial charge in [0.1, 0.15) is 11.8 Å². The van der Waals surface area contributed by atoms with Crippen LogP contribution in [-0.4, -0.2) is 7.11 Å². The van der Waals surface area contributed by atoms with Crippen molar-refractivity contribution in [2.45, 2.75) is 0 Å². The Labute approximate surface area is 121 Å². The third-order valence-electron chi connectivity index (χ3n) is 2.54. The topological polar surface area (TPSA) is 45.0 Å². The van der Waals surface area contributed by atoms with E-state index in [1.54, 1.807) is 43.5 Å². The van der Waals surface area contributed by atoms with Crippen molar-refractivity contribution < 1.29 is 4.74 Å². The van der Waals surface area contributed by atoms with Crippen LogP contribution in [0.5, 0.6) is 5.75 Å². The molecule has 19 heavy (non-hydrogen) atoms. The molecule has 0 aliphatic heterocycles. The van der Waals surface area contributed by atoms with Gasteiger partial charge >= 0.3 is 0 Å². The van der Waals surface area contributed by atoms with Gasteiger partial charge in [-0.05, 0) is 30.3 Å². The van der Waals surface area contributed by atoms with Gasteiger partial charge in [0, 0.05) is 11.1 Å². The van der Waals surface area contributed by atoms with E-state index in [-0.39, 0.29) is 0 Å². The molecular weight excluding hydrogens is 283 g/mol. The second-order valence-corrected chi connectivity index (χ2v) is 4.62. The van der Waals surface area contributed by atoms with E-state index in [1.807, 2.05) is 0 Å². The van der Waals surface area contributed by atoms with Crippen molar-refractivity contribution in [3.05, 3.63) is 52.0 Å². The van der Waals surface area contributed by atoms with Gasteiger partial charge in [-0.25, -0.2) is 0 Å². The molecule has 0 amide bonds. The maximum absolute atomic E-state index is 9.09. The molecule has 0 atom stereocenters. The highest BCUT2D eigenvalue weighted by Gasteiger charge is 2.07. The van der Waals surface area contributed by atoms with Gasteiger partial charge in [-0.1, -0.05) is 23.2 Å². The molecule has 0 aliphatic rings. The maximum atomic E-state index is 9.09. The number of benzene rings is 2. The largest absolute Gasteiger partial charge is 0.497 e. The lowest BCUT2D eigenvalue weighted by atomic mass is 10.1. The maximum Gasteiger partial charge on any atom is 0.121 e. The summed E-state index contributed by atoms with van der Waals surface area (Å²) < 4.78 is 5.14. The van der Waals surface area contributed by atoms with Gasteiger partial charge in [-0.2, -0.15) is 5.26 Å². The summed E-state index contributed by atoms with van der Waals surface area (Å²) in [6, 6.07) is 12.3. The lowest BCUT2D eigenvalue weighted by Crippen LogP contribution is -1.95. The third kappa shape index (κ3) is 3.11. The Balaban J connectivity index is 2.42. The fourth-order valence-electron chi connectivity index (χ4n) is 1.59. The van der Waals surface area contributed by atoms with E-state index in [0.717, 1.165) is 0 Å². The lowest BCUT2D eigenvalue weighted by Gasteiger charge is -2.11. The molecule has 2 rings (SSSR count). The van der Waals surface area contributed by atoms with Crippen LogP contribution in [0.3, 0.4) is 0 Å². The normalized spacial score (nSPS) is 9.79. The average molecular weight is 293 g/mol. The summed E-state index contributed by atoms with van der Waals surface area (Å²) >= 11 is 12.0. The fourth-order valence-corrected chi connectivity index (χ4v) is 1.93. The summed E-state index contributed by atoms with van der Waals surface area (Å²) in [5.41, 5.74) is 1.75. The number of ether oxygens (including phenoxy) is 1. The first-order valence-electron chi connectivity index (χ1n) is 5.44. The summed E-state index contributed by atoms with van der Waals surface area (Å²) in [5.74, 6) is 0.652. The molecule has 0 aromatic heterocycles. The van der Waals surface area contributed by atoms with E-state index < -0.39 is 0 Å². The van der Waals surface area contributed by atoms with Gasteiger partial charge in [0.15, 0.2) is 0 Å². The first-order valence-corrected chi connectivity index (χ1v) is 6.20. The van der Waals surface area contributed by atoms with Gasteiger partial charge in [0.05, 0.1) is 29.1 Å². The van der Waals surface area contributed by atoms with Crippen molar-refractivity contribution in [1.82, 2.24) is 0 Å². The molecule has 0 saturated heterocycles. The first kappa shape index (κ1) is 13.5. The first-order chi connectivity index (χ1) is 9.13. The number of nitrogens with one attached hydrogen (secondary N) is 1. The van der Waals surface area contributed by atoms with Crippen molar-refractivity contribution in [1.29, 1.82) is 5.26 Å². The highest BCUT2D eigenvalue weighted by Crippen LogP contribution is 2.31. The molecule has 0 saturated carbocycles. The minimum Gasteiger partial charge on any atom is -0.497 e. The molecule has 3 nitrogen and oxygen atoms in total. The Hall–Kier alpha value is -1.89. The SMILES string of the molecule is COc1ccc(C#N)c(Nc2cc(Cl)ccc2Cl)c1. The van der Waals surface area contributed by atoms with Crippen molar-refractivity contribution >= 4 is 34.6 Å². The molecule has 2 aromatic rings. The standard InChI is InChI=1S/C14H10Cl2N2O/c1-19-11-4-2-9(8-17)13(7-11)18-14-6-10(15)3-5-12(14)16/h2-7,18H,1H3. The van der Waals surface area contributed by atoms with Gasteiger partial charge in [-0.15, -0.1) is 0 Å². The molecule has 0 aliphatic carbocycles. The predicted octanol–water partition coefficient (Wildman–Crippen LogP) is 4.62. The molecule has 0 radical (unpaired) electrons. The van der Waals surface area contributed by atoms with E-state index in [1.165, 1.54) is 0 Å². The van der Waals surface area contributed by atoms with Crippen LogP contribution in [0.1, 0.15) is 5.56 Å². The summed E-state index contributed by atoms with van der Waals surface area (Å²) in [6.45, 7) is 0. The quantitative estimate of drug-likeness (QED) is 0.898. The molecule has 1 N–H and O–H groups in total. The van der Waals surface area contributed by atoms with E-state index in [9.17, 15) is 0 Å². The molecule has 0 heterocycles. The Kier molecular flexibility index (Phi) is 4.16. The third-order valence-corrected chi connectivity index (χ3v) is 3.11. The van der Waals surface area contributed by atoms with Crippen LogP contribution in [0, 0.1) is 11.3 Å². The van der Waals surface area contributed by atoms with E-state index in [4.69, 9.17) is 33.2 Å². The highest BCUT2D eigenvalue weighted by atomic mass is 35.5. The number of methoxy groups -OCH3 is 1. The molecule has 96 valence electrons. The molecule has 5 heteroatoms. The second-order valence-electron chi connectivity index (χ2n) is 3.77. The number of hydrogen-bond acceptors (Lipinski definition) is 3. The van der Waals surface area contributed by atoms with Crippen molar-refractivity contribution in [3.8, 4) is 11.8 Å². The molecule has 2 aromatic carbocycles. The summed E-state index contributed by atoms with van der Waals surface area (Å²) in [7, 11) is 1.57. The van der Waals surface area contributed by atoms with Crippen LogP contribution in [0.15, 0.2) is 36.4 Å². The minimum absolute atomic E-state index is 0.497. The Morgan fingerprint density at radius 2 is 1.89 bits per heavy atom. The number of rotatable bonds is 3. The van der Waals surface area contributed by atoms with Crippen LogP contribution in [0.4, 0.5) is 11.4 Å². The Morgan fingerprint density at radius 1 is 1.11 bits per heavy atom. The smallest absolute Gasteiger partial charge is 0.121 e. The Bertz CT molecular complexity index is 650. The van der Waals surface area contributed by atoms with Crippen LogP contribution < -0.4 is 10.1 Å². The molecule has 0 unspecified atom stereocenters. The molecule has 0 spiro atoms. The number of hydrogen-bond donors (Lipinski definition) is 1. The number of nitrogens with zero attached hydrogens (tertiary/aromatic N) is 1. The summed E-state index contributed by atoms with van der Waals surface area (Å²) in [4.78, 5) is 0. The lowest BCUT2D eigenvalue weighted by molar-refractivity contribution is 0.415. The number of anilines is 2. The molecule has 0 fully saturated rings. The fraction of sp³-hybridized carbons (Fsp3) is 0.0714. The highest BCUT2D eigenvalue weighted by molar-refractivity contribution is 6.35. The average Bonchev–Trinajstić information content (AvgIpc) is 2.42. The van der Waals surface area contributed by atoms with E-state index in [2.05, 4.69) is 11.4 Å². The Morgan fingerprint density at radius 3 is 2.58 bits per heavy atom. The summed E-state index contributed by atoms with van der Waals surface area (Å²) in [6.07, 6.45) is 0.